The van der Waals surface area contributed by atoms with Crippen molar-refractivity contribution in [3.05, 3.63) is 23.8 Å². The minimum absolute atomic E-state index is 0.509. The van der Waals surface area contributed by atoms with E-state index in [4.69, 9.17) is 9.47 Å². The summed E-state index contributed by atoms with van der Waals surface area (Å²) in [6.45, 7) is 7.08. The first-order valence-corrected chi connectivity index (χ1v) is 7.78. The smallest absolute Gasteiger partial charge is 0.161 e. The number of nitrogens with zero attached hydrogens (tertiary/aromatic N) is 2. The van der Waals surface area contributed by atoms with E-state index in [1.54, 1.807) is 7.11 Å². The van der Waals surface area contributed by atoms with Gasteiger partial charge in [-0.25, -0.2) is 0 Å². The van der Waals surface area contributed by atoms with Crippen LogP contribution in [0, 0.1) is 0 Å². The van der Waals surface area contributed by atoms with Gasteiger partial charge in [0.15, 0.2) is 11.5 Å². The van der Waals surface area contributed by atoms with Crippen molar-refractivity contribution in [3.63, 3.8) is 0 Å². The third-order valence-electron chi connectivity index (χ3n) is 3.97. The normalized spacial score (nSPS) is 22.6. The Hall–Kier alpha value is -1.71. The van der Waals surface area contributed by atoms with Crippen LogP contribution in [0.15, 0.2) is 23.3 Å². The molecule has 2 atom stereocenters. The summed E-state index contributed by atoms with van der Waals surface area (Å²) in [6, 6.07) is 6.93. The second-order valence-corrected chi connectivity index (χ2v) is 5.60. The average Bonchev–Trinajstić information content (AvgIpc) is 2.48. The Morgan fingerprint density at radius 3 is 2.57 bits per heavy atom. The maximum absolute atomic E-state index is 5.53. The largest absolute Gasteiger partial charge is 0.493 e. The number of rotatable bonds is 5. The summed E-state index contributed by atoms with van der Waals surface area (Å²) in [5, 5.41) is 6.89. The molecule has 0 bridgehead atoms. The van der Waals surface area contributed by atoms with Gasteiger partial charge in [-0.3, -0.25) is 5.01 Å². The predicted octanol–water partition coefficient (Wildman–Crippen LogP) is 3.69. The van der Waals surface area contributed by atoms with Crippen LogP contribution in [-0.2, 0) is 0 Å². The lowest BCUT2D eigenvalue weighted by Crippen LogP contribution is -2.39. The summed E-state index contributed by atoms with van der Waals surface area (Å²) in [6.07, 6.45) is 5.64. The number of hydrogen-bond acceptors (Lipinski definition) is 4. The first kappa shape index (κ1) is 15.7. The minimum Gasteiger partial charge on any atom is -0.493 e. The van der Waals surface area contributed by atoms with Crippen molar-refractivity contribution in [1.29, 1.82) is 0 Å². The summed E-state index contributed by atoms with van der Waals surface area (Å²) in [4.78, 5) is 0. The van der Waals surface area contributed by atoms with Gasteiger partial charge in [-0.05, 0) is 63.8 Å². The molecule has 0 saturated carbocycles. The number of benzene rings is 1. The molecule has 1 aliphatic heterocycles. The van der Waals surface area contributed by atoms with Crippen LogP contribution in [0.5, 0.6) is 11.5 Å². The zero-order valence-corrected chi connectivity index (χ0v) is 13.5. The van der Waals surface area contributed by atoms with Crippen LogP contribution in [0.1, 0.15) is 45.6 Å². The SMILES string of the molecule is CCOc1ccc(/C=N/N2C(C)CCCC2C)cc1OC. The fraction of sp³-hybridized carbons (Fsp3) is 0.588. The molecule has 0 aromatic heterocycles. The quantitative estimate of drug-likeness (QED) is 0.776. The zero-order valence-electron chi connectivity index (χ0n) is 13.5. The van der Waals surface area contributed by atoms with Gasteiger partial charge in [0, 0.05) is 12.1 Å². The summed E-state index contributed by atoms with van der Waals surface area (Å²) in [5.74, 6) is 1.53. The van der Waals surface area contributed by atoms with Crippen molar-refractivity contribution in [1.82, 2.24) is 5.01 Å². The first-order valence-electron chi connectivity index (χ1n) is 7.78. The number of ether oxygens (including phenoxy) is 2. The Morgan fingerprint density at radius 2 is 1.95 bits per heavy atom. The van der Waals surface area contributed by atoms with Crippen molar-refractivity contribution in [3.8, 4) is 11.5 Å². The number of piperidine rings is 1. The maximum Gasteiger partial charge on any atom is 0.161 e. The van der Waals surface area contributed by atoms with E-state index in [0.717, 1.165) is 17.1 Å². The van der Waals surface area contributed by atoms with Crippen LogP contribution in [0.4, 0.5) is 0 Å². The van der Waals surface area contributed by atoms with Gasteiger partial charge in [-0.15, -0.1) is 0 Å². The lowest BCUT2D eigenvalue weighted by molar-refractivity contribution is 0.109. The fourth-order valence-electron chi connectivity index (χ4n) is 2.81. The number of methoxy groups -OCH3 is 1. The highest BCUT2D eigenvalue weighted by Gasteiger charge is 2.22. The van der Waals surface area contributed by atoms with Crippen LogP contribution in [0.2, 0.25) is 0 Å². The maximum atomic E-state index is 5.53. The molecule has 0 amide bonds. The average molecular weight is 290 g/mol. The molecule has 4 heteroatoms. The van der Waals surface area contributed by atoms with Gasteiger partial charge in [-0.2, -0.15) is 5.10 Å². The molecule has 0 N–H and O–H groups in total. The first-order chi connectivity index (χ1) is 10.2. The van der Waals surface area contributed by atoms with Gasteiger partial charge in [-0.1, -0.05) is 0 Å². The van der Waals surface area contributed by atoms with Crippen LogP contribution in [0.3, 0.4) is 0 Å². The molecule has 1 saturated heterocycles. The molecule has 2 rings (SSSR count). The second kappa shape index (κ2) is 7.34. The lowest BCUT2D eigenvalue weighted by atomic mass is 10.00. The molecule has 0 spiro atoms. The highest BCUT2D eigenvalue weighted by Crippen LogP contribution is 2.28. The Kier molecular flexibility index (Phi) is 5.48. The van der Waals surface area contributed by atoms with Crippen molar-refractivity contribution < 1.29 is 9.47 Å². The topological polar surface area (TPSA) is 34.1 Å². The predicted molar refractivity (Wildman–Crippen MR) is 86.4 cm³/mol. The lowest BCUT2D eigenvalue weighted by Gasteiger charge is -2.36. The molecule has 21 heavy (non-hydrogen) atoms. The molecule has 1 fully saturated rings. The molecule has 0 radical (unpaired) electrons. The van der Waals surface area contributed by atoms with Gasteiger partial charge in [0.1, 0.15) is 0 Å². The molecule has 116 valence electrons. The van der Waals surface area contributed by atoms with Crippen LogP contribution in [0.25, 0.3) is 0 Å². The molecular formula is C17H26N2O2. The standard InChI is InChI=1S/C17H26N2O2/c1-5-21-16-10-9-15(11-17(16)20-4)12-18-19-13(2)7-6-8-14(19)3/h9-14H,5-8H2,1-4H3/b18-12+. The van der Waals surface area contributed by atoms with E-state index in [2.05, 4.69) is 24.0 Å². The molecule has 1 aromatic carbocycles. The van der Waals surface area contributed by atoms with Crippen molar-refractivity contribution >= 4 is 6.21 Å². The van der Waals surface area contributed by atoms with Gasteiger partial charge >= 0.3 is 0 Å². The van der Waals surface area contributed by atoms with Crippen molar-refractivity contribution in [2.24, 2.45) is 5.10 Å². The van der Waals surface area contributed by atoms with Gasteiger partial charge in [0.25, 0.3) is 0 Å². The van der Waals surface area contributed by atoms with E-state index >= 15 is 0 Å². The van der Waals surface area contributed by atoms with Crippen molar-refractivity contribution in [2.75, 3.05) is 13.7 Å². The summed E-state index contributed by atoms with van der Waals surface area (Å²) >= 11 is 0. The van der Waals surface area contributed by atoms with Gasteiger partial charge < -0.3 is 9.47 Å². The Labute approximate surface area is 127 Å². The molecule has 1 aromatic rings. The molecule has 0 aliphatic carbocycles. The number of hydrazone groups is 1. The van der Waals surface area contributed by atoms with E-state index in [-0.39, 0.29) is 0 Å². The zero-order chi connectivity index (χ0) is 15.2. The van der Waals surface area contributed by atoms with Gasteiger partial charge in [0.05, 0.1) is 19.9 Å². The molecular weight excluding hydrogens is 264 g/mol. The van der Waals surface area contributed by atoms with Crippen molar-refractivity contribution in [2.45, 2.75) is 52.1 Å². The molecule has 1 heterocycles. The Bertz CT molecular complexity index is 478. The fourth-order valence-corrected chi connectivity index (χ4v) is 2.81. The molecule has 2 unspecified atom stereocenters. The minimum atomic E-state index is 0.509. The molecule has 4 nitrogen and oxygen atoms in total. The Balaban J connectivity index is 2.13. The molecule has 1 aliphatic rings. The monoisotopic (exact) mass is 290 g/mol. The highest BCUT2D eigenvalue weighted by molar-refractivity contribution is 5.80. The van der Waals surface area contributed by atoms with E-state index in [0.29, 0.717) is 18.7 Å². The van der Waals surface area contributed by atoms with E-state index in [1.807, 2.05) is 31.3 Å². The van der Waals surface area contributed by atoms with Gasteiger partial charge in [0.2, 0.25) is 0 Å². The Morgan fingerprint density at radius 1 is 1.24 bits per heavy atom. The highest BCUT2D eigenvalue weighted by atomic mass is 16.5. The summed E-state index contributed by atoms with van der Waals surface area (Å²) < 4.78 is 10.9. The van der Waals surface area contributed by atoms with Crippen LogP contribution in [-0.4, -0.2) is 37.0 Å². The van der Waals surface area contributed by atoms with Crippen LogP contribution >= 0.6 is 0 Å². The number of hydrogen-bond donors (Lipinski definition) is 0. The summed E-state index contributed by atoms with van der Waals surface area (Å²) in [7, 11) is 1.66. The van der Waals surface area contributed by atoms with E-state index in [9.17, 15) is 0 Å². The second-order valence-electron chi connectivity index (χ2n) is 5.60. The third-order valence-corrected chi connectivity index (χ3v) is 3.97. The third kappa shape index (κ3) is 3.90. The van der Waals surface area contributed by atoms with Crippen LogP contribution < -0.4 is 9.47 Å². The van der Waals surface area contributed by atoms with E-state index in [1.165, 1.54) is 19.3 Å². The summed E-state index contributed by atoms with van der Waals surface area (Å²) in [5.41, 5.74) is 1.03. The van der Waals surface area contributed by atoms with E-state index < -0.39 is 0 Å².